The molecule has 2 heterocycles. The fraction of sp³-hybridized carbons (Fsp3) is 0.938. The Bertz CT molecular complexity index is 312. The normalized spacial score (nSPS) is 36.7. The lowest BCUT2D eigenvalue weighted by molar-refractivity contribution is -0.124. The molecule has 0 radical (unpaired) electrons. The van der Waals surface area contributed by atoms with Crippen molar-refractivity contribution >= 4 is 5.78 Å². The third kappa shape index (κ3) is 3.38. The fourth-order valence-electron chi connectivity index (χ4n) is 4.13. The number of rotatable bonds is 3. The predicted octanol–water partition coefficient (Wildman–Crippen LogP) is 2.68. The van der Waals surface area contributed by atoms with Gasteiger partial charge in [-0.3, -0.25) is 4.79 Å². The molecule has 0 spiro atoms. The Balaban J connectivity index is 1.49. The van der Waals surface area contributed by atoms with Crippen molar-refractivity contribution in [2.45, 2.75) is 69.9 Å². The van der Waals surface area contributed by atoms with Crippen LogP contribution in [0.15, 0.2) is 0 Å². The highest BCUT2D eigenvalue weighted by Gasteiger charge is 2.34. The van der Waals surface area contributed by atoms with E-state index >= 15 is 0 Å². The molecule has 19 heavy (non-hydrogen) atoms. The van der Waals surface area contributed by atoms with E-state index in [9.17, 15) is 4.79 Å². The molecule has 0 aromatic rings. The van der Waals surface area contributed by atoms with E-state index in [4.69, 9.17) is 4.74 Å². The summed E-state index contributed by atoms with van der Waals surface area (Å²) in [5.41, 5.74) is 0. The van der Waals surface area contributed by atoms with Crippen molar-refractivity contribution in [2.75, 3.05) is 13.2 Å². The van der Waals surface area contributed by atoms with Gasteiger partial charge in [0.15, 0.2) is 0 Å². The van der Waals surface area contributed by atoms with Gasteiger partial charge in [0, 0.05) is 25.7 Å². The van der Waals surface area contributed by atoms with Gasteiger partial charge in [-0.2, -0.15) is 0 Å². The molecule has 1 aliphatic carbocycles. The topological polar surface area (TPSA) is 38.3 Å². The zero-order valence-corrected chi connectivity index (χ0v) is 11.9. The molecule has 3 unspecified atom stereocenters. The van der Waals surface area contributed by atoms with E-state index in [0.717, 1.165) is 44.8 Å². The van der Waals surface area contributed by atoms with Crippen LogP contribution in [0, 0.1) is 11.8 Å². The molecule has 0 aromatic heterocycles. The summed E-state index contributed by atoms with van der Waals surface area (Å²) in [5, 5.41) is 3.66. The summed E-state index contributed by atoms with van der Waals surface area (Å²) >= 11 is 0. The minimum Gasteiger partial charge on any atom is -0.381 e. The van der Waals surface area contributed by atoms with Gasteiger partial charge in [0.25, 0.3) is 0 Å². The first-order valence-corrected chi connectivity index (χ1v) is 8.19. The van der Waals surface area contributed by atoms with Gasteiger partial charge < -0.3 is 10.1 Å². The molecule has 0 amide bonds. The second-order valence-electron chi connectivity index (χ2n) is 6.67. The van der Waals surface area contributed by atoms with Crippen molar-refractivity contribution in [2.24, 2.45) is 11.8 Å². The van der Waals surface area contributed by atoms with Crippen LogP contribution in [-0.2, 0) is 9.53 Å². The van der Waals surface area contributed by atoms with E-state index in [1.54, 1.807) is 0 Å². The SMILES string of the molecule is O=C(CC1CCOCC1)C1CCC2CCCCC2N1. The van der Waals surface area contributed by atoms with Crippen LogP contribution in [0.3, 0.4) is 0 Å². The molecule has 1 saturated carbocycles. The molecular formula is C16H27NO2. The summed E-state index contributed by atoms with van der Waals surface area (Å²) in [4.78, 5) is 12.4. The number of ether oxygens (including phenoxy) is 1. The molecule has 0 bridgehead atoms. The molecule has 3 heteroatoms. The average Bonchev–Trinajstić information content (AvgIpc) is 2.48. The highest BCUT2D eigenvalue weighted by molar-refractivity contribution is 5.84. The molecule has 3 nitrogen and oxygen atoms in total. The molecule has 2 saturated heterocycles. The van der Waals surface area contributed by atoms with Gasteiger partial charge in [-0.15, -0.1) is 0 Å². The first kappa shape index (κ1) is 13.6. The summed E-state index contributed by atoms with van der Waals surface area (Å²) in [7, 11) is 0. The van der Waals surface area contributed by atoms with Gasteiger partial charge >= 0.3 is 0 Å². The third-order valence-corrected chi connectivity index (χ3v) is 5.37. The maximum atomic E-state index is 12.4. The summed E-state index contributed by atoms with van der Waals surface area (Å²) in [5.74, 6) is 1.89. The van der Waals surface area contributed by atoms with Crippen molar-refractivity contribution in [1.29, 1.82) is 0 Å². The van der Waals surface area contributed by atoms with Crippen molar-refractivity contribution in [3.63, 3.8) is 0 Å². The maximum absolute atomic E-state index is 12.4. The van der Waals surface area contributed by atoms with Crippen LogP contribution in [-0.4, -0.2) is 31.1 Å². The molecule has 0 aromatic carbocycles. The van der Waals surface area contributed by atoms with Crippen molar-refractivity contribution in [3.05, 3.63) is 0 Å². The molecule has 3 fully saturated rings. The molecule has 1 N–H and O–H groups in total. The molecule has 3 rings (SSSR count). The smallest absolute Gasteiger partial charge is 0.150 e. The quantitative estimate of drug-likeness (QED) is 0.852. The monoisotopic (exact) mass is 265 g/mol. The van der Waals surface area contributed by atoms with Gasteiger partial charge in [0.05, 0.1) is 6.04 Å². The maximum Gasteiger partial charge on any atom is 0.150 e. The first-order chi connectivity index (χ1) is 9.33. The van der Waals surface area contributed by atoms with E-state index in [-0.39, 0.29) is 6.04 Å². The summed E-state index contributed by atoms with van der Waals surface area (Å²) < 4.78 is 5.37. The highest BCUT2D eigenvalue weighted by atomic mass is 16.5. The molecule has 3 atom stereocenters. The van der Waals surface area contributed by atoms with E-state index in [2.05, 4.69) is 5.32 Å². The number of hydrogen-bond donors (Lipinski definition) is 1. The number of nitrogens with one attached hydrogen (secondary N) is 1. The second-order valence-corrected chi connectivity index (χ2v) is 6.67. The number of carbonyl (C=O) groups is 1. The van der Waals surface area contributed by atoms with Gasteiger partial charge in [0.2, 0.25) is 0 Å². The van der Waals surface area contributed by atoms with Crippen molar-refractivity contribution < 1.29 is 9.53 Å². The Morgan fingerprint density at radius 3 is 2.63 bits per heavy atom. The van der Waals surface area contributed by atoms with Gasteiger partial charge in [-0.25, -0.2) is 0 Å². The van der Waals surface area contributed by atoms with Crippen molar-refractivity contribution in [3.8, 4) is 0 Å². The number of ketones is 1. The van der Waals surface area contributed by atoms with Gasteiger partial charge in [0.1, 0.15) is 5.78 Å². The Kier molecular flexibility index (Phi) is 4.54. The molecule has 3 aliphatic rings. The third-order valence-electron chi connectivity index (χ3n) is 5.37. The van der Waals surface area contributed by atoms with Crippen LogP contribution < -0.4 is 5.32 Å². The Labute approximate surface area is 116 Å². The number of Topliss-reactive ketones (excluding diaryl/α,β-unsaturated/α-hetero) is 1. The summed E-state index contributed by atoms with van der Waals surface area (Å²) in [6.45, 7) is 1.70. The largest absolute Gasteiger partial charge is 0.381 e. The summed E-state index contributed by atoms with van der Waals surface area (Å²) in [6.07, 6.45) is 10.7. The molecule has 2 aliphatic heterocycles. The first-order valence-electron chi connectivity index (χ1n) is 8.19. The Hall–Kier alpha value is -0.410. The average molecular weight is 265 g/mol. The highest BCUT2D eigenvalue weighted by Crippen LogP contribution is 2.33. The fourth-order valence-corrected chi connectivity index (χ4v) is 4.13. The van der Waals surface area contributed by atoms with Crippen LogP contribution in [0.1, 0.15) is 57.8 Å². The van der Waals surface area contributed by atoms with Gasteiger partial charge in [-0.1, -0.05) is 12.8 Å². The number of piperidine rings is 1. The van der Waals surface area contributed by atoms with Gasteiger partial charge in [-0.05, 0) is 50.4 Å². The standard InChI is InChI=1S/C16H27NO2/c18-16(11-12-7-9-19-10-8-12)15-6-5-13-3-1-2-4-14(13)17-15/h12-15,17H,1-11H2. The zero-order chi connectivity index (χ0) is 13.1. The summed E-state index contributed by atoms with van der Waals surface area (Å²) in [6, 6.07) is 0.785. The Morgan fingerprint density at radius 2 is 1.79 bits per heavy atom. The van der Waals surface area contributed by atoms with E-state index in [0.29, 0.717) is 17.7 Å². The van der Waals surface area contributed by atoms with Crippen LogP contribution in [0.2, 0.25) is 0 Å². The molecular weight excluding hydrogens is 238 g/mol. The van der Waals surface area contributed by atoms with E-state index in [1.807, 2.05) is 0 Å². The zero-order valence-electron chi connectivity index (χ0n) is 11.9. The van der Waals surface area contributed by atoms with Crippen LogP contribution in [0.25, 0.3) is 0 Å². The number of hydrogen-bond acceptors (Lipinski definition) is 3. The van der Waals surface area contributed by atoms with Crippen LogP contribution in [0.5, 0.6) is 0 Å². The van der Waals surface area contributed by atoms with Crippen molar-refractivity contribution in [1.82, 2.24) is 5.32 Å². The molecule has 108 valence electrons. The van der Waals surface area contributed by atoms with Crippen LogP contribution in [0.4, 0.5) is 0 Å². The Morgan fingerprint density at radius 1 is 1.00 bits per heavy atom. The lowest BCUT2D eigenvalue weighted by atomic mass is 9.76. The second kappa shape index (κ2) is 6.36. The predicted molar refractivity (Wildman–Crippen MR) is 75.1 cm³/mol. The number of carbonyl (C=O) groups excluding carboxylic acids is 1. The van der Waals surface area contributed by atoms with E-state index < -0.39 is 0 Å². The van der Waals surface area contributed by atoms with E-state index in [1.165, 1.54) is 32.1 Å². The minimum atomic E-state index is 0.155. The van der Waals surface area contributed by atoms with Crippen LogP contribution >= 0.6 is 0 Å². The number of fused-ring (bicyclic) bond motifs is 1. The lowest BCUT2D eigenvalue weighted by Crippen LogP contribution is -2.52. The lowest BCUT2D eigenvalue weighted by Gasteiger charge is -2.40. The minimum absolute atomic E-state index is 0.155.